The summed E-state index contributed by atoms with van der Waals surface area (Å²) >= 11 is 6.00. The van der Waals surface area contributed by atoms with Crippen molar-refractivity contribution in [2.24, 2.45) is 0 Å². The molecule has 0 unspecified atom stereocenters. The van der Waals surface area contributed by atoms with Crippen molar-refractivity contribution in [1.82, 2.24) is 5.32 Å². The van der Waals surface area contributed by atoms with Crippen LogP contribution in [-0.2, 0) is 11.3 Å². The molecule has 0 saturated heterocycles. The molecular weight excluding hydrogens is 376 g/mol. The minimum atomic E-state index is -0.473. The molecule has 0 aliphatic carbocycles. The zero-order valence-electron chi connectivity index (χ0n) is 15.1. The maximum Gasteiger partial charge on any atom is 0.262 e. The number of nitrogens with zero attached hydrogens (tertiary/aromatic N) is 1. The van der Waals surface area contributed by atoms with Gasteiger partial charge < -0.3 is 14.5 Å². The van der Waals surface area contributed by atoms with Crippen LogP contribution >= 0.6 is 11.6 Å². The number of amides is 1. The SMILES string of the molecule is COc1ccc(CNC(=O)/C(C#N)=C\c2ccc(-c3cccc(Cl)c3)o2)cc1. The quantitative estimate of drug-likeness (QED) is 0.481. The second-order valence-corrected chi connectivity index (χ2v) is 6.35. The van der Waals surface area contributed by atoms with E-state index in [4.69, 9.17) is 20.8 Å². The fourth-order valence-corrected chi connectivity index (χ4v) is 2.73. The molecule has 3 aromatic rings. The van der Waals surface area contributed by atoms with Gasteiger partial charge in [-0.3, -0.25) is 4.79 Å². The minimum absolute atomic E-state index is 0.0412. The first-order valence-corrected chi connectivity index (χ1v) is 8.85. The van der Waals surface area contributed by atoms with Crippen molar-refractivity contribution in [1.29, 1.82) is 5.26 Å². The Balaban J connectivity index is 1.69. The number of furan rings is 1. The third-order valence-corrected chi connectivity index (χ3v) is 4.23. The highest BCUT2D eigenvalue weighted by atomic mass is 35.5. The van der Waals surface area contributed by atoms with Crippen LogP contribution in [-0.4, -0.2) is 13.0 Å². The molecule has 3 rings (SSSR count). The lowest BCUT2D eigenvalue weighted by Gasteiger charge is -2.05. The summed E-state index contributed by atoms with van der Waals surface area (Å²) in [4.78, 5) is 12.3. The van der Waals surface area contributed by atoms with Gasteiger partial charge in [-0.1, -0.05) is 35.9 Å². The average Bonchev–Trinajstić information content (AvgIpc) is 3.19. The van der Waals surface area contributed by atoms with Crippen LogP contribution in [0.5, 0.6) is 5.75 Å². The maximum absolute atomic E-state index is 12.3. The fraction of sp³-hybridized carbons (Fsp3) is 0.0909. The van der Waals surface area contributed by atoms with E-state index in [0.717, 1.165) is 16.9 Å². The number of ether oxygens (including phenoxy) is 1. The van der Waals surface area contributed by atoms with Gasteiger partial charge in [0, 0.05) is 23.2 Å². The van der Waals surface area contributed by atoms with Gasteiger partial charge in [-0.15, -0.1) is 0 Å². The standard InChI is InChI=1S/C22H17ClN2O3/c1-27-19-7-5-15(6-8-19)14-25-22(26)17(13-24)12-20-9-10-21(28-20)16-3-2-4-18(23)11-16/h2-12H,14H2,1H3,(H,25,26)/b17-12-. The molecule has 0 aliphatic rings. The summed E-state index contributed by atoms with van der Waals surface area (Å²) in [7, 11) is 1.59. The molecule has 0 atom stereocenters. The van der Waals surface area contributed by atoms with Crippen LogP contribution in [0.2, 0.25) is 5.02 Å². The number of carbonyl (C=O) groups excluding carboxylic acids is 1. The second-order valence-electron chi connectivity index (χ2n) is 5.91. The third kappa shape index (κ3) is 4.81. The lowest BCUT2D eigenvalue weighted by atomic mass is 10.2. The Hall–Kier alpha value is -3.49. The normalized spacial score (nSPS) is 11.0. The summed E-state index contributed by atoms with van der Waals surface area (Å²) in [5, 5.41) is 12.7. The van der Waals surface area contributed by atoms with Crippen molar-refractivity contribution in [2.75, 3.05) is 7.11 Å². The van der Waals surface area contributed by atoms with E-state index >= 15 is 0 Å². The van der Waals surface area contributed by atoms with Gasteiger partial charge >= 0.3 is 0 Å². The summed E-state index contributed by atoms with van der Waals surface area (Å²) in [6, 6.07) is 19.9. The van der Waals surface area contributed by atoms with Crippen LogP contribution in [0.3, 0.4) is 0 Å². The number of carbonyl (C=O) groups is 1. The summed E-state index contributed by atoms with van der Waals surface area (Å²) in [6.45, 7) is 0.299. The molecule has 5 nitrogen and oxygen atoms in total. The van der Waals surface area contributed by atoms with Crippen LogP contribution in [0.4, 0.5) is 0 Å². The van der Waals surface area contributed by atoms with Crippen molar-refractivity contribution < 1.29 is 13.9 Å². The molecule has 0 spiro atoms. The number of benzene rings is 2. The smallest absolute Gasteiger partial charge is 0.262 e. The molecule has 2 aromatic carbocycles. The number of nitriles is 1. The molecule has 0 aliphatic heterocycles. The van der Waals surface area contributed by atoms with Crippen LogP contribution in [0, 0.1) is 11.3 Å². The van der Waals surface area contributed by atoms with Gasteiger partial charge in [0.1, 0.15) is 28.9 Å². The van der Waals surface area contributed by atoms with Gasteiger partial charge in [0.25, 0.3) is 5.91 Å². The van der Waals surface area contributed by atoms with Crippen molar-refractivity contribution in [3.8, 4) is 23.1 Å². The number of methoxy groups -OCH3 is 1. The second kappa shape index (κ2) is 8.94. The van der Waals surface area contributed by atoms with E-state index in [1.165, 1.54) is 6.08 Å². The third-order valence-electron chi connectivity index (χ3n) is 4.00. The monoisotopic (exact) mass is 392 g/mol. The first-order valence-electron chi connectivity index (χ1n) is 8.48. The largest absolute Gasteiger partial charge is 0.497 e. The molecule has 0 radical (unpaired) electrons. The molecule has 140 valence electrons. The van der Waals surface area contributed by atoms with Crippen molar-refractivity contribution in [2.45, 2.75) is 6.54 Å². The van der Waals surface area contributed by atoms with E-state index in [-0.39, 0.29) is 5.57 Å². The first-order chi connectivity index (χ1) is 13.6. The van der Waals surface area contributed by atoms with Crippen molar-refractivity contribution in [3.63, 3.8) is 0 Å². The summed E-state index contributed by atoms with van der Waals surface area (Å²) in [6.07, 6.45) is 1.41. The van der Waals surface area contributed by atoms with E-state index in [2.05, 4.69) is 5.32 Å². The number of hydrogen-bond acceptors (Lipinski definition) is 4. The Labute approximate surface area is 167 Å². The number of hydrogen-bond donors (Lipinski definition) is 1. The molecule has 0 saturated carbocycles. The van der Waals surface area contributed by atoms with Crippen LogP contribution in [0.15, 0.2) is 70.7 Å². The Morgan fingerprint density at radius 3 is 2.68 bits per heavy atom. The molecule has 1 N–H and O–H groups in total. The molecule has 28 heavy (non-hydrogen) atoms. The molecule has 1 heterocycles. The summed E-state index contributed by atoms with van der Waals surface area (Å²) in [5.41, 5.74) is 1.67. The Morgan fingerprint density at radius 2 is 2.00 bits per heavy atom. The van der Waals surface area contributed by atoms with E-state index < -0.39 is 5.91 Å². The Bertz CT molecular complexity index is 1050. The molecule has 1 aromatic heterocycles. The topological polar surface area (TPSA) is 75.3 Å². The van der Waals surface area contributed by atoms with E-state index in [9.17, 15) is 10.1 Å². The lowest BCUT2D eigenvalue weighted by Crippen LogP contribution is -2.23. The first kappa shape index (κ1) is 19.3. The Kier molecular flexibility index (Phi) is 6.15. The van der Waals surface area contributed by atoms with Gasteiger partial charge in [0.05, 0.1) is 7.11 Å². The predicted octanol–water partition coefficient (Wildman–Crippen LogP) is 4.83. The molecule has 0 fully saturated rings. The number of nitrogens with one attached hydrogen (secondary N) is 1. The van der Waals surface area contributed by atoms with Gasteiger partial charge in [0.15, 0.2) is 0 Å². The van der Waals surface area contributed by atoms with Gasteiger partial charge in [-0.05, 0) is 42.0 Å². The highest BCUT2D eigenvalue weighted by molar-refractivity contribution is 6.30. The predicted molar refractivity (Wildman–Crippen MR) is 108 cm³/mol. The van der Waals surface area contributed by atoms with E-state index in [1.54, 1.807) is 31.4 Å². The Morgan fingerprint density at radius 1 is 1.21 bits per heavy atom. The van der Waals surface area contributed by atoms with E-state index in [1.807, 2.05) is 42.5 Å². The van der Waals surface area contributed by atoms with Gasteiger partial charge in [-0.25, -0.2) is 0 Å². The van der Waals surface area contributed by atoms with Gasteiger partial charge in [-0.2, -0.15) is 5.26 Å². The number of halogens is 1. The number of rotatable bonds is 6. The van der Waals surface area contributed by atoms with Crippen LogP contribution in [0.1, 0.15) is 11.3 Å². The van der Waals surface area contributed by atoms with Crippen LogP contribution in [0.25, 0.3) is 17.4 Å². The van der Waals surface area contributed by atoms with Crippen molar-refractivity contribution in [3.05, 3.63) is 82.6 Å². The lowest BCUT2D eigenvalue weighted by molar-refractivity contribution is -0.117. The molecule has 6 heteroatoms. The van der Waals surface area contributed by atoms with Crippen molar-refractivity contribution >= 4 is 23.6 Å². The highest BCUT2D eigenvalue weighted by Crippen LogP contribution is 2.25. The zero-order chi connectivity index (χ0) is 19.9. The summed E-state index contributed by atoms with van der Waals surface area (Å²) < 4.78 is 10.8. The van der Waals surface area contributed by atoms with E-state index in [0.29, 0.717) is 23.1 Å². The zero-order valence-corrected chi connectivity index (χ0v) is 15.9. The highest BCUT2D eigenvalue weighted by Gasteiger charge is 2.11. The average molecular weight is 393 g/mol. The minimum Gasteiger partial charge on any atom is -0.497 e. The van der Waals surface area contributed by atoms with Crippen LogP contribution < -0.4 is 10.1 Å². The molecular formula is C22H17ClN2O3. The van der Waals surface area contributed by atoms with Gasteiger partial charge in [0.2, 0.25) is 0 Å². The summed E-state index contributed by atoms with van der Waals surface area (Å²) in [5.74, 6) is 1.27. The maximum atomic E-state index is 12.3. The fourth-order valence-electron chi connectivity index (χ4n) is 2.54. The molecule has 1 amide bonds. The molecule has 0 bridgehead atoms.